The van der Waals surface area contributed by atoms with Crippen LogP contribution in [0.3, 0.4) is 0 Å². The van der Waals surface area contributed by atoms with Gasteiger partial charge in [0.25, 0.3) is 5.56 Å². The molecule has 1 aliphatic rings. The van der Waals surface area contributed by atoms with Crippen molar-refractivity contribution in [3.63, 3.8) is 0 Å². The van der Waals surface area contributed by atoms with Crippen LogP contribution < -0.4 is 19.6 Å². The van der Waals surface area contributed by atoms with Gasteiger partial charge in [-0.1, -0.05) is 74.7 Å². The topological polar surface area (TPSA) is 69.9 Å². The first-order valence-corrected chi connectivity index (χ1v) is 14.3. The van der Waals surface area contributed by atoms with Gasteiger partial charge >= 0.3 is 5.97 Å². The van der Waals surface area contributed by atoms with E-state index in [1.165, 1.54) is 22.8 Å². The number of carbonyl (C=O) groups excluding carboxylic acids is 1. The van der Waals surface area contributed by atoms with Crippen molar-refractivity contribution < 1.29 is 18.7 Å². The summed E-state index contributed by atoms with van der Waals surface area (Å²) in [6.45, 7) is 8.63. The van der Waals surface area contributed by atoms with Crippen LogP contribution in [0.15, 0.2) is 63.5 Å². The highest BCUT2D eigenvalue weighted by Gasteiger charge is 2.33. The highest BCUT2D eigenvalue weighted by Crippen LogP contribution is 2.32. The molecule has 2 heterocycles. The molecule has 1 unspecified atom stereocenters. The number of ether oxygens (including phenoxy) is 2. The number of hydrogen-bond donors (Lipinski definition) is 0. The summed E-state index contributed by atoms with van der Waals surface area (Å²) in [6.07, 6.45) is 4.60. The van der Waals surface area contributed by atoms with E-state index in [0.29, 0.717) is 28.4 Å². The fraction of sp³-hybridized carbons (Fsp3) is 0.367. The van der Waals surface area contributed by atoms with Crippen molar-refractivity contribution in [1.82, 2.24) is 4.57 Å². The van der Waals surface area contributed by atoms with Crippen LogP contribution in [0.4, 0.5) is 4.39 Å². The van der Waals surface area contributed by atoms with E-state index in [9.17, 15) is 14.0 Å². The Morgan fingerprint density at radius 3 is 2.62 bits per heavy atom. The summed E-state index contributed by atoms with van der Waals surface area (Å²) in [7, 11) is 0. The van der Waals surface area contributed by atoms with Crippen molar-refractivity contribution in [2.24, 2.45) is 10.9 Å². The van der Waals surface area contributed by atoms with Gasteiger partial charge in [-0.2, -0.15) is 0 Å². The minimum absolute atomic E-state index is 0.123. The molecule has 0 bridgehead atoms. The molecular weight excluding hydrogens is 539 g/mol. The van der Waals surface area contributed by atoms with Crippen LogP contribution in [0.25, 0.3) is 6.08 Å². The molecule has 39 heavy (non-hydrogen) atoms. The Balaban J connectivity index is 1.81. The second-order valence-corrected chi connectivity index (χ2v) is 11.3. The van der Waals surface area contributed by atoms with Gasteiger partial charge in [0.1, 0.15) is 11.6 Å². The average Bonchev–Trinajstić information content (AvgIpc) is 3.21. The number of carbonyl (C=O) groups is 1. The maximum absolute atomic E-state index is 14.5. The van der Waals surface area contributed by atoms with Gasteiger partial charge in [0.2, 0.25) is 0 Å². The molecule has 1 aliphatic heterocycles. The van der Waals surface area contributed by atoms with Crippen LogP contribution >= 0.6 is 22.9 Å². The second-order valence-electron chi connectivity index (χ2n) is 9.83. The number of nitrogens with zero attached hydrogens (tertiary/aromatic N) is 2. The molecular formula is C30H32ClFN2O4S. The Kier molecular flexibility index (Phi) is 9.40. The molecule has 206 valence electrons. The zero-order valence-electron chi connectivity index (χ0n) is 22.5. The van der Waals surface area contributed by atoms with Crippen molar-refractivity contribution in [3.8, 4) is 5.75 Å². The third-order valence-corrected chi connectivity index (χ3v) is 7.59. The van der Waals surface area contributed by atoms with Crippen LogP contribution in [0.2, 0.25) is 5.02 Å². The molecule has 1 atom stereocenters. The predicted molar refractivity (Wildman–Crippen MR) is 152 cm³/mol. The highest BCUT2D eigenvalue weighted by molar-refractivity contribution is 7.07. The Labute approximate surface area is 236 Å². The van der Waals surface area contributed by atoms with Gasteiger partial charge in [0, 0.05) is 5.56 Å². The first-order chi connectivity index (χ1) is 18.7. The predicted octanol–water partition coefficient (Wildman–Crippen LogP) is 5.80. The van der Waals surface area contributed by atoms with E-state index in [1.807, 2.05) is 38.1 Å². The van der Waals surface area contributed by atoms with Crippen LogP contribution in [0.1, 0.15) is 64.1 Å². The zero-order valence-corrected chi connectivity index (χ0v) is 24.1. The second kappa shape index (κ2) is 12.7. The molecule has 0 N–H and O–H groups in total. The summed E-state index contributed by atoms with van der Waals surface area (Å²) in [5, 5.41) is 0.195. The van der Waals surface area contributed by atoms with Gasteiger partial charge in [0.05, 0.1) is 40.1 Å². The monoisotopic (exact) mass is 570 g/mol. The fourth-order valence-corrected chi connectivity index (χ4v) is 5.53. The third-order valence-electron chi connectivity index (χ3n) is 6.28. The lowest BCUT2D eigenvalue weighted by molar-refractivity contribution is -0.140. The van der Waals surface area contributed by atoms with Gasteiger partial charge in [0.15, 0.2) is 4.80 Å². The average molecular weight is 571 g/mol. The summed E-state index contributed by atoms with van der Waals surface area (Å²) >= 11 is 7.34. The van der Waals surface area contributed by atoms with Crippen molar-refractivity contribution in [2.75, 3.05) is 13.2 Å². The van der Waals surface area contributed by atoms with Gasteiger partial charge in [-0.25, -0.2) is 14.2 Å². The van der Waals surface area contributed by atoms with E-state index in [-0.39, 0.29) is 33.2 Å². The maximum atomic E-state index is 14.5. The van der Waals surface area contributed by atoms with E-state index in [4.69, 9.17) is 21.1 Å². The van der Waals surface area contributed by atoms with Crippen molar-refractivity contribution in [3.05, 3.63) is 95.4 Å². The lowest BCUT2D eigenvalue weighted by atomic mass is 9.96. The summed E-state index contributed by atoms with van der Waals surface area (Å²) in [6, 6.07) is 11.0. The Hall–Kier alpha value is -3.23. The van der Waals surface area contributed by atoms with Crippen LogP contribution in [0, 0.1) is 11.7 Å². The van der Waals surface area contributed by atoms with Crippen molar-refractivity contribution in [2.45, 2.75) is 53.0 Å². The number of rotatable bonds is 10. The number of unbranched alkanes of at least 4 members (excludes halogenated alkanes) is 2. The highest BCUT2D eigenvalue weighted by atomic mass is 35.5. The number of benzene rings is 2. The molecule has 2 aromatic carbocycles. The molecule has 9 heteroatoms. The van der Waals surface area contributed by atoms with Crippen LogP contribution in [-0.2, 0) is 9.53 Å². The van der Waals surface area contributed by atoms with Gasteiger partial charge in [-0.05, 0) is 55.2 Å². The normalized spacial score (nSPS) is 15.4. The van der Waals surface area contributed by atoms with E-state index in [1.54, 1.807) is 13.0 Å². The molecule has 0 amide bonds. The third kappa shape index (κ3) is 6.50. The van der Waals surface area contributed by atoms with E-state index >= 15 is 0 Å². The number of hydrogen-bond acceptors (Lipinski definition) is 6. The number of halogens is 2. The summed E-state index contributed by atoms with van der Waals surface area (Å²) < 4.78 is 27.7. The quantitative estimate of drug-likeness (QED) is 0.228. The smallest absolute Gasteiger partial charge is 0.338 e. The summed E-state index contributed by atoms with van der Waals surface area (Å²) in [5.74, 6) is -0.208. The lowest BCUT2D eigenvalue weighted by Crippen LogP contribution is -2.40. The molecule has 0 saturated heterocycles. The SMILES string of the molecule is CCCCCOc1ccc(C2C(C(=O)OCC(C)C)=C(C)N=c3s/c(=C\c4c(F)cccc4Cl)c(=O)n32)cc1. The standard InChI is InChI=1S/C30H32ClFN2O4S/c1-5-6-7-15-37-21-13-11-20(12-14-21)27-26(29(36)38-17-18(2)3)19(4)33-30-34(27)28(35)25(39-30)16-22-23(31)9-8-10-24(22)32/h8-14,16,18,27H,5-7,15,17H2,1-4H3/b25-16-. The van der Waals surface area contributed by atoms with E-state index in [2.05, 4.69) is 11.9 Å². The Morgan fingerprint density at radius 2 is 1.95 bits per heavy atom. The number of thiazole rings is 1. The minimum atomic E-state index is -0.770. The maximum Gasteiger partial charge on any atom is 0.338 e. The van der Waals surface area contributed by atoms with Gasteiger partial charge in [-0.3, -0.25) is 9.36 Å². The first-order valence-electron chi connectivity index (χ1n) is 13.1. The van der Waals surface area contributed by atoms with Crippen LogP contribution in [0.5, 0.6) is 5.75 Å². The van der Waals surface area contributed by atoms with Gasteiger partial charge < -0.3 is 9.47 Å². The molecule has 0 radical (unpaired) electrons. The summed E-state index contributed by atoms with van der Waals surface area (Å²) in [5.41, 5.74) is 1.18. The Morgan fingerprint density at radius 1 is 1.21 bits per heavy atom. The first kappa shape index (κ1) is 28.8. The largest absolute Gasteiger partial charge is 0.494 e. The van der Waals surface area contributed by atoms with Crippen molar-refractivity contribution in [1.29, 1.82) is 0 Å². The molecule has 0 fully saturated rings. The molecule has 6 nitrogen and oxygen atoms in total. The molecule has 1 aromatic heterocycles. The molecule has 4 rings (SSSR count). The number of aromatic nitrogens is 1. The van der Waals surface area contributed by atoms with Crippen LogP contribution in [-0.4, -0.2) is 23.8 Å². The number of fused-ring (bicyclic) bond motifs is 1. The fourth-order valence-electron chi connectivity index (χ4n) is 4.29. The molecule has 0 aliphatic carbocycles. The van der Waals surface area contributed by atoms with Crippen molar-refractivity contribution >= 4 is 35.0 Å². The van der Waals surface area contributed by atoms with E-state index in [0.717, 1.165) is 30.6 Å². The number of esters is 1. The van der Waals surface area contributed by atoms with E-state index < -0.39 is 23.4 Å². The minimum Gasteiger partial charge on any atom is -0.494 e. The molecule has 0 spiro atoms. The molecule has 3 aromatic rings. The Bertz CT molecular complexity index is 1540. The molecule has 0 saturated carbocycles. The number of allylic oxidation sites excluding steroid dienone is 1. The zero-order chi connectivity index (χ0) is 28.1. The lowest BCUT2D eigenvalue weighted by Gasteiger charge is -2.25. The van der Waals surface area contributed by atoms with Gasteiger partial charge in [-0.15, -0.1) is 0 Å². The summed E-state index contributed by atoms with van der Waals surface area (Å²) in [4.78, 5) is 32.1.